The van der Waals surface area contributed by atoms with Crippen LogP contribution in [0.5, 0.6) is 5.75 Å². The molecule has 4 atom stereocenters. The van der Waals surface area contributed by atoms with E-state index >= 15 is 0 Å². The van der Waals surface area contributed by atoms with E-state index in [2.05, 4.69) is 45.0 Å². The second-order valence-corrected chi connectivity index (χ2v) is 18.2. The smallest absolute Gasteiger partial charge is 0.317 e. The lowest BCUT2D eigenvalue weighted by Crippen LogP contribution is -2.60. The van der Waals surface area contributed by atoms with Gasteiger partial charge in [-0.05, 0) is 47.4 Å². The fourth-order valence-electron chi connectivity index (χ4n) is 7.32. The van der Waals surface area contributed by atoms with E-state index in [4.69, 9.17) is 14.2 Å². The molecule has 64 heavy (non-hydrogen) atoms. The van der Waals surface area contributed by atoms with Crippen molar-refractivity contribution in [2.24, 2.45) is 17.8 Å². The molecule has 17 heteroatoms. The largest absolute Gasteiger partial charge is 0.493 e. The van der Waals surface area contributed by atoms with E-state index in [9.17, 15) is 24.3 Å². The van der Waals surface area contributed by atoms with Gasteiger partial charge in [0.05, 0.1) is 45.2 Å². The first-order valence-corrected chi connectivity index (χ1v) is 23.0. The van der Waals surface area contributed by atoms with Gasteiger partial charge in [-0.2, -0.15) is 0 Å². The third kappa shape index (κ3) is 18.2. The summed E-state index contributed by atoms with van der Waals surface area (Å²) in [7, 11) is 3.42. The van der Waals surface area contributed by atoms with E-state index < -0.39 is 36.0 Å². The first-order chi connectivity index (χ1) is 30.6. The molecule has 0 aromatic heterocycles. The van der Waals surface area contributed by atoms with Crippen LogP contribution in [0.4, 0.5) is 9.59 Å². The Hall–Kier alpha value is -4.52. The molecule has 6 amide bonds. The summed E-state index contributed by atoms with van der Waals surface area (Å²) < 4.78 is 16.8. The molecule has 2 aliphatic rings. The Morgan fingerprint density at radius 2 is 1.19 bits per heavy atom. The molecule has 2 heterocycles. The summed E-state index contributed by atoms with van der Waals surface area (Å²) in [6.45, 7) is 20.5. The van der Waals surface area contributed by atoms with Gasteiger partial charge in [-0.15, -0.1) is 0 Å². The van der Waals surface area contributed by atoms with Gasteiger partial charge in [0, 0.05) is 79.5 Å². The van der Waals surface area contributed by atoms with Gasteiger partial charge in [-0.3, -0.25) is 24.8 Å². The van der Waals surface area contributed by atoms with E-state index in [1.807, 2.05) is 82.3 Å². The Morgan fingerprint density at radius 1 is 0.688 bits per heavy atom. The number of hydrogen-bond acceptors (Lipinski definition) is 11. The molecule has 0 radical (unpaired) electrons. The third-order valence-electron chi connectivity index (χ3n) is 11.5. The van der Waals surface area contributed by atoms with Crippen LogP contribution in [0.15, 0.2) is 54.6 Å². The van der Waals surface area contributed by atoms with E-state index in [1.54, 1.807) is 28.9 Å². The molecule has 2 aromatic rings. The predicted molar refractivity (Wildman–Crippen MR) is 248 cm³/mol. The van der Waals surface area contributed by atoms with E-state index in [0.717, 1.165) is 37.3 Å². The third-order valence-corrected chi connectivity index (χ3v) is 11.5. The highest BCUT2D eigenvalue weighted by atomic mass is 16.5. The first kappa shape index (κ1) is 52.1. The molecule has 0 spiro atoms. The summed E-state index contributed by atoms with van der Waals surface area (Å²) >= 11 is 0. The van der Waals surface area contributed by atoms with Crippen LogP contribution in [0, 0.1) is 17.8 Å². The van der Waals surface area contributed by atoms with Gasteiger partial charge in [0.1, 0.15) is 17.8 Å². The summed E-state index contributed by atoms with van der Waals surface area (Å²) in [6, 6.07) is 13.7. The number of aliphatic hydroxyl groups is 1. The van der Waals surface area contributed by atoms with Gasteiger partial charge in [-0.25, -0.2) is 14.6 Å². The highest BCUT2D eigenvalue weighted by Gasteiger charge is 2.33. The molecular weight excluding hydrogens is 819 g/mol. The number of carbonyl (C=O) groups excluding carboxylic acids is 4. The highest BCUT2D eigenvalue weighted by Crippen LogP contribution is 2.17. The number of hydrazine groups is 1. The fraction of sp³-hybridized carbons (Fsp3) is 0.660. The Labute approximate surface area is 381 Å². The van der Waals surface area contributed by atoms with Crippen molar-refractivity contribution in [3.05, 3.63) is 65.7 Å². The topological polar surface area (TPSA) is 181 Å². The summed E-state index contributed by atoms with van der Waals surface area (Å²) in [5.74, 6) is -0.345. The Bertz CT molecular complexity index is 1690. The second kappa shape index (κ2) is 27.1. The number of likely N-dealkylation sites (N-methyl/N-ethyl adjacent to an activating group) is 2. The Morgan fingerprint density at radius 3 is 1.67 bits per heavy atom. The molecule has 2 aliphatic heterocycles. The Kier molecular flexibility index (Phi) is 22.0. The van der Waals surface area contributed by atoms with Crippen LogP contribution in [0.25, 0.3) is 0 Å². The van der Waals surface area contributed by atoms with Gasteiger partial charge in [0.2, 0.25) is 5.91 Å². The van der Waals surface area contributed by atoms with Crippen molar-refractivity contribution in [2.45, 2.75) is 78.7 Å². The van der Waals surface area contributed by atoms with Crippen LogP contribution < -0.4 is 26.1 Å². The number of nitrogens with one attached hydrogen (secondary N) is 4. The average molecular weight is 896 g/mol. The van der Waals surface area contributed by atoms with Crippen molar-refractivity contribution in [3.63, 3.8) is 0 Å². The van der Waals surface area contributed by atoms with Gasteiger partial charge >= 0.3 is 12.1 Å². The van der Waals surface area contributed by atoms with Gasteiger partial charge in [-0.1, -0.05) is 84.0 Å². The van der Waals surface area contributed by atoms with Gasteiger partial charge in [0.15, 0.2) is 0 Å². The lowest BCUT2D eigenvalue weighted by Gasteiger charge is -2.34. The number of aliphatic hydroxyl groups excluding tert-OH is 1. The van der Waals surface area contributed by atoms with Crippen LogP contribution in [-0.4, -0.2) is 184 Å². The molecular formula is C47H77N9O8. The van der Waals surface area contributed by atoms with Gasteiger partial charge in [0.25, 0.3) is 5.91 Å². The van der Waals surface area contributed by atoms with E-state index in [0.29, 0.717) is 70.9 Å². The van der Waals surface area contributed by atoms with Crippen LogP contribution >= 0.6 is 0 Å². The minimum atomic E-state index is -1.20. The number of ether oxygens (including phenoxy) is 3. The Balaban J connectivity index is 1.52. The first-order valence-electron chi connectivity index (χ1n) is 23.0. The molecule has 2 fully saturated rings. The molecule has 0 bridgehead atoms. The van der Waals surface area contributed by atoms with E-state index in [1.165, 1.54) is 0 Å². The predicted octanol–water partition coefficient (Wildman–Crippen LogP) is 2.64. The number of rotatable bonds is 24. The molecule has 5 N–H and O–H groups in total. The zero-order chi connectivity index (χ0) is 46.6. The van der Waals surface area contributed by atoms with E-state index in [-0.39, 0.29) is 43.4 Å². The average Bonchev–Trinajstić information content (AvgIpc) is 3.28. The van der Waals surface area contributed by atoms with Crippen LogP contribution in [-0.2, 0) is 32.0 Å². The minimum absolute atomic E-state index is 0.0870. The van der Waals surface area contributed by atoms with Gasteiger partial charge < -0.3 is 45.1 Å². The maximum atomic E-state index is 14.2. The summed E-state index contributed by atoms with van der Waals surface area (Å²) in [5.41, 5.74) is 4.73. The quantitative estimate of drug-likeness (QED) is 0.0979. The van der Waals surface area contributed by atoms with Crippen molar-refractivity contribution in [3.8, 4) is 5.75 Å². The van der Waals surface area contributed by atoms with Crippen molar-refractivity contribution in [1.82, 2.24) is 46.0 Å². The van der Waals surface area contributed by atoms with Crippen LogP contribution in [0.1, 0.15) is 52.7 Å². The zero-order valence-corrected chi connectivity index (χ0v) is 39.6. The molecule has 17 nitrogen and oxygen atoms in total. The summed E-state index contributed by atoms with van der Waals surface area (Å²) in [6.07, 6.45) is -0.923. The lowest BCUT2D eigenvalue weighted by atomic mass is 9.98. The normalized spacial score (nSPS) is 16.8. The number of nitrogens with zero attached hydrogens (tertiary/aromatic N) is 5. The molecule has 2 aromatic carbocycles. The minimum Gasteiger partial charge on any atom is -0.493 e. The summed E-state index contributed by atoms with van der Waals surface area (Å²) in [5, 5.41) is 22.7. The van der Waals surface area contributed by atoms with Crippen molar-refractivity contribution >= 4 is 23.9 Å². The second-order valence-electron chi connectivity index (χ2n) is 18.2. The standard InChI is InChI=1S/C47H77N9O8/c1-34(2)33-64-39-16-14-38(15-17-39)31-56(51-45(59)43(36(5)6)50-47(61)53(8)19-21-55-24-28-63-29-25-55)32-41(57)40(30-37-12-10-9-11-13-37)48-44(58)42(35(3)4)49-46(60)52(7)18-20-54-22-26-62-27-23-54/h9-17,34-36,40-43,57H,18-33H2,1-8H3,(H,48,58)(H,49,60)(H,50,61)(H,51,59)/t40-,41-,42-,43-/m0/s1. The van der Waals surface area contributed by atoms with Crippen LogP contribution in [0.3, 0.4) is 0 Å². The molecule has 2 saturated heterocycles. The summed E-state index contributed by atoms with van der Waals surface area (Å²) in [4.78, 5) is 62.9. The number of urea groups is 2. The number of amides is 6. The van der Waals surface area contributed by atoms with Crippen LogP contribution in [0.2, 0.25) is 0 Å². The number of benzene rings is 2. The SMILES string of the molecule is CC(C)COc1ccc(CN(C[C@H](O)[C@H](Cc2ccccc2)NC(=O)[C@@H](NC(=O)N(C)CCN2CCOCC2)C(C)C)NC(=O)[C@@H](NC(=O)N(C)CCN2CCOCC2)C(C)C)cc1. The molecule has 0 saturated carbocycles. The maximum Gasteiger partial charge on any atom is 0.317 e. The van der Waals surface area contributed by atoms with Crippen molar-refractivity contribution in [1.29, 1.82) is 0 Å². The highest BCUT2D eigenvalue weighted by molar-refractivity contribution is 5.88. The number of carbonyl (C=O) groups is 4. The fourth-order valence-corrected chi connectivity index (χ4v) is 7.32. The molecule has 0 aliphatic carbocycles. The van der Waals surface area contributed by atoms with Crippen molar-refractivity contribution in [2.75, 3.05) is 106 Å². The molecule has 4 rings (SSSR count). The monoisotopic (exact) mass is 896 g/mol. The lowest BCUT2D eigenvalue weighted by molar-refractivity contribution is -0.131. The maximum absolute atomic E-state index is 14.2. The number of hydrogen-bond donors (Lipinski definition) is 5. The van der Waals surface area contributed by atoms with Crippen molar-refractivity contribution < 1.29 is 38.5 Å². The molecule has 358 valence electrons. The molecule has 0 unspecified atom stereocenters. The zero-order valence-electron chi connectivity index (χ0n) is 39.6. The number of morpholine rings is 2.